The van der Waals surface area contributed by atoms with Gasteiger partial charge in [0.15, 0.2) is 0 Å². The van der Waals surface area contributed by atoms with E-state index < -0.39 is 0 Å². The molecule has 0 saturated carbocycles. The second-order valence-electron chi connectivity index (χ2n) is 5.97. The number of pyridine rings is 1. The van der Waals surface area contributed by atoms with Crippen LogP contribution in [0.25, 0.3) is 17.5 Å². The average Bonchev–Trinajstić information content (AvgIpc) is 3.23. The molecule has 0 atom stereocenters. The van der Waals surface area contributed by atoms with Crippen molar-refractivity contribution < 1.29 is 18.7 Å². The van der Waals surface area contributed by atoms with Crippen LogP contribution >= 0.6 is 11.8 Å². The molecule has 0 spiro atoms. The first kappa shape index (κ1) is 18.0. The fraction of sp³-hybridized carbons (Fsp3) is 0.100. The topological polar surface area (TPSA) is 94.3 Å². The number of thioether (sulfide) groups is 1. The van der Waals surface area contributed by atoms with E-state index in [1.807, 2.05) is 37.3 Å². The summed E-state index contributed by atoms with van der Waals surface area (Å²) in [5, 5.41) is 1.82. The second kappa shape index (κ2) is 7.69. The predicted octanol–water partition coefficient (Wildman–Crippen LogP) is 3.95. The van der Waals surface area contributed by atoms with Gasteiger partial charge in [0, 0.05) is 29.6 Å². The molecule has 2 aromatic heterocycles. The first-order chi connectivity index (χ1) is 13.6. The standard InChI is InChI=1S/C20H15N3O4S/c1-12-16(22-18(27-12)14-5-3-2-4-6-14)11-26-17-8-7-13(10-21-17)9-15-19(24)28-20(25)23-15/h2-10H,11H2,1H3,(H,23,25). The van der Waals surface area contributed by atoms with Gasteiger partial charge in [0.2, 0.25) is 16.9 Å². The lowest BCUT2D eigenvalue weighted by molar-refractivity contribution is -0.107. The summed E-state index contributed by atoms with van der Waals surface area (Å²) in [6, 6.07) is 13.1. The molecule has 7 nitrogen and oxygen atoms in total. The molecule has 1 fully saturated rings. The summed E-state index contributed by atoms with van der Waals surface area (Å²) in [5.41, 5.74) is 2.53. The Labute approximate surface area is 164 Å². The molecule has 3 heterocycles. The number of oxazole rings is 1. The summed E-state index contributed by atoms with van der Waals surface area (Å²) in [6.45, 7) is 2.06. The number of aryl methyl sites for hydroxylation is 1. The Bertz CT molecular complexity index is 1060. The van der Waals surface area contributed by atoms with Gasteiger partial charge in [-0.1, -0.05) is 18.2 Å². The van der Waals surface area contributed by atoms with E-state index in [1.54, 1.807) is 24.4 Å². The van der Waals surface area contributed by atoms with Crippen molar-refractivity contribution in [2.45, 2.75) is 13.5 Å². The molecule has 1 aliphatic heterocycles. The van der Waals surface area contributed by atoms with Crippen LogP contribution in [0.4, 0.5) is 4.79 Å². The Balaban J connectivity index is 1.42. The highest BCUT2D eigenvalue weighted by molar-refractivity contribution is 8.27. The molecule has 0 aliphatic carbocycles. The lowest BCUT2D eigenvalue weighted by atomic mass is 10.2. The van der Waals surface area contributed by atoms with Crippen LogP contribution in [0.2, 0.25) is 0 Å². The van der Waals surface area contributed by atoms with Crippen molar-refractivity contribution in [2.24, 2.45) is 0 Å². The van der Waals surface area contributed by atoms with E-state index in [1.165, 1.54) is 0 Å². The smallest absolute Gasteiger partial charge is 0.291 e. The number of benzene rings is 1. The van der Waals surface area contributed by atoms with Crippen LogP contribution in [0.1, 0.15) is 17.0 Å². The molecule has 1 saturated heterocycles. The molecule has 8 heteroatoms. The van der Waals surface area contributed by atoms with Crippen molar-refractivity contribution >= 4 is 28.2 Å². The lowest BCUT2D eigenvalue weighted by Crippen LogP contribution is -2.10. The number of nitrogens with zero attached hydrogens (tertiary/aromatic N) is 2. The Morgan fingerprint density at radius 1 is 1.18 bits per heavy atom. The van der Waals surface area contributed by atoms with Gasteiger partial charge in [0.05, 0.1) is 5.70 Å². The number of nitrogens with one attached hydrogen (secondary N) is 1. The maximum absolute atomic E-state index is 11.6. The van der Waals surface area contributed by atoms with Crippen molar-refractivity contribution in [1.82, 2.24) is 15.3 Å². The minimum absolute atomic E-state index is 0.223. The second-order valence-corrected chi connectivity index (χ2v) is 6.91. The number of carbonyl (C=O) groups is 2. The first-order valence-corrected chi connectivity index (χ1v) is 9.25. The highest BCUT2D eigenvalue weighted by Gasteiger charge is 2.25. The molecular weight excluding hydrogens is 378 g/mol. The minimum atomic E-state index is -0.373. The highest BCUT2D eigenvalue weighted by Crippen LogP contribution is 2.23. The third kappa shape index (κ3) is 3.96. The van der Waals surface area contributed by atoms with Gasteiger partial charge in [0.1, 0.15) is 18.1 Å². The number of ether oxygens (including phenoxy) is 1. The van der Waals surface area contributed by atoms with Gasteiger partial charge >= 0.3 is 0 Å². The van der Waals surface area contributed by atoms with Crippen LogP contribution in [0.15, 0.2) is 58.8 Å². The van der Waals surface area contributed by atoms with Gasteiger partial charge in [-0.3, -0.25) is 9.59 Å². The minimum Gasteiger partial charge on any atom is -0.471 e. The number of hydrogen-bond donors (Lipinski definition) is 1. The van der Waals surface area contributed by atoms with Crippen molar-refractivity contribution in [2.75, 3.05) is 0 Å². The molecule has 28 heavy (non-hydrogen) atoms. The highest BCUT2D eigenvalue weighted by atomic mass is 32.2. The summed E-state index contributed by atoms with van der Waals surface area (Å²) in [4.78, 5) is 31.5. The predicted molar refractivity (Wildman–Crippen MR) is 104 cm³/mol. The van der Waals surface area contributed by atoms with E-state index >= 15 is 0 Å². The molecule has 4 rings (SSSR count). The van der Waals surface area contributed by atoms with Gasteiger partial charge in [-0.2, -0.15) is 0 Å². The van der Waals surface area contributed by atoms with Crippen LogP contribution in [0, 0.1) is 6.92 Å². The summed E-state index contributed by atoms with van der Waals surface area (Å²) < 4.78 is 11.4. The van der Waals surface area contributed by atoms with Gasteiger partial charge in [0.25, 0.3) is 5.24 Å². The maximum atomic E-state index is 11.6. The average molecular weight is 393 g/mol. The molecule has 3 aromatic rings. The fourth-order valence-corrected chi connectivity index (χ4v) is 3.11. The largest absolute Gasteiger partial charge is 0.471 e. The van der Waals surface area contributed by atoms with Crippen LogP contribution in [0.5, 0.6) is 5.88 Å². The van der Waals surface area contributed by atoms with E-state index in [9.17, 15) is 9.59 Å². The number of hydrogen-bond acceptors (Lipinski definition) is 7. The van der Waals surface area contributed by atoms with Crippen LogP contribution < -0.4 is 10.1 Å². The number of amides is 1. The summed E-state index contributed by atoms with van der Waals surface area (Å²) >= 11 is 0.640. The SMILES string of the molecule is Cc1oc(-c2ccccc2)nc1COc1ccc(C=C2NC(=O)SC2=O)cn1. The molecular formula is C20H15N3O4S. The molecule has 1 N–H and O–H groups in total. The van der Waals surface area contributed by atoms with Gasteiger partial charge < -0.3 is 14.5 Å². The molecule has 0 radical (unpaired) electrons. The van der Waals surface area contributed by atoms with Gasteiger partial charge in [-0.25, -0.2) is 9.97 Å². The molecule has 1 aromatic carbocycles. The van der Waals surface area contributed by atoms with Crippen molar-refractivity contribution in [3.8, 4) is 17.3 Å². The lowest BCUT2D eigenvalue weighted by Gasteiger charge is -2.04. The summed E-state index contributed by atoms with van der Waals surface area (Å²) in [5.74, 6) is 1.66. The van der Waals surface area contributed by atoms with Crippen LogP contribution in [-0.4, -0.2) is 20.3 Å². The van der Waals surface area contributed by atoms with E-state index in [4.69, 9.17) is 9.15 Å². The third-order valence-electron chi connectivity index (χ3n) is 3.98. The Morgan fingerprint density at radius 2 is 2.00 bits per heavy atom. The van der Waals surface area contributed by atoms with Gasteiger partial charge in [-0.15, -0.1) is 0 Å². The Morgan fingerprint density at radius 3 is 2.68 bits per heavy atom. The summed E-state index contributed by atoms with van der Waals surface area (Å²) in [6.07, 6.45) is 3.14. The Hall–Kier alpha value is -3.39. The molecule has 1 amide bonds. The van der Waals surface area contributed by atoms with Crippen LogP contribution in [0.3, 0.4) is 0 Å². The number of rotatable bonds is 5. The fourth-order valence-electron chi connectivity index (χ4n) is 2.56. The third-order valence-corrected chi connectivity index (χ3v) is 4.68. The monoisotopic (exact) mass is 393 g/mol. The molecule has 140 valence electrons. The normalized spacial score (nSPS) is 15.1. The van der Waals surface area contributed by atoms with E-state index in [-0.39, 0.29) is 22.7 Å². The number of aromatic nitrogens is 2. The van der Waals surface area contributed by atoms with E-state index in [0.717, 1.165) is 5.56 Å². The Kier molecular flexibility index (Phi) is 4.94. The maximum Gasteiger partial charge on any atom is 0.291 e. The first-order valence-electron chi connectivity index (χ1n) is 8.44. The van der Waals surface area contributed by atoms with E-state index in [0.29, 0.717) is 40.6 Å². The van der Waals surface area contributed by atoms with Crippen molar-refractivity contribution in [3.05, 3.63) is 71.4 Å². The molecule has 0 unspecified atom stereocenters. The number of carbonyl (C=O) groups excluding carboxylic acids is 2. The molecule has 0 bridgehead atoms. The van der Waals surface area contributed by atoms with Crippen LogP contribution in [-0.2, 0) is 11.4 Å². The van der Waals surface area contributed by atoms with Crippen molar-refractivity contribution in [1.29, 1.82) is 0 Å². The van der Waals surface area contributed by atoms with E-state index in [2.05, 4.69) is 15.3 Å². The quantitative estimate of drug-likeness (QED) is 0.656. The van der Waals surface area contributed by atoms with Crippen molar-refractivity contribution in [3.63, 3.8) is 0 Å². The zero-order valence-electron chi connectivity index (χ0n) is 14.8. The molecule has 1 aliphatic rings. The zero-order chi connectivity index (χ0) is 19.5. The summed E-state index contributed by atoms with van der Waals surface area (Å²) in [7, 11) is 0. The zero-order valence-corrected chi connectivity index (χ0v) is 15.7. The van der Waals surface area contributed by atoms with Gasteiger partial charge in [-0.05, 0) is 36.8 Å².